The molecule has 3 aromatic rings. The predicted molar refractivity (Wildman–Crippen MR) is 129 cm³/mol. The minimum absolute atomic E-state index is 0.207. The summed E-state index contributed by atoms with van der Waals surface area (Å²) in [5, 5.41) is 0.365. The Bertz CT molecular complexity index is 1430. The first-order valence-electron chi connectivity index (χ1n) is 11.3. The summed E-state index contributed by atoms with van der Waals surface area (Å²) >= 11 is 6.20. The molecule has 35 heavy (non-hydrogen) atoms. The first-order chi connectivity index (χ1) is 16.8. The van der Waals surface area contributed by atoms with Crippen LogP contribution in [0, 0.1) is 25.7 Å². The van der Waals surface area contributed by atoms with Crippen molar-refractivity contribution in [3.8, 4) is 0 Å². The third-order valence-corrected chi connectivity index (χ3v) is 7.57. The second kappa shape index (κ2) is 7.44. The highest BCUT2D eigenvalue weighted by molar-refractivity contribution is 6.37. The van der Waals surface area contributed by atoms with Crippen molar-refractivity contribution in [2.24, 2.45) is 11.8 Å². The Morgan fingerprint density at radius 2 is 1.46 bits per heavy atom. The first-order valence-corrected chi connectivity index (χ1v) is 11.7. The van der Waals surface area contributed by atoms with Crippen LogP contribution in [0.25, 0.3) is 0 Å². The number of hydrogen-bond donors (Lipinski definition) is 0. The quantitative estimate of drug-likeness (QED) is 0.390. The lowest BCUT2D eigenvalue weighted by atomic mass is 9.77. The number of ether oxygens (including phenoxy) is 1. The van der Waals surface area contributed by atoms with Gasteiger partial charge in [0.2, 0.25) is 29.0 Å². The van der Waals surface area contributed by atoms with Gasteiger partial charge in [0, 0.05) is 16.1 Å². The SMILES string of the molecule is Cc1ccc([C@H]2OC3(C(=O)c4ccccc4C3=O)[C@@H]3C(=O)N(c4cc(Cl)ccc4C)C(=O)[C@@H]23)cc1. The zero-order valence-corrected chi connectivity index (χ0v) is 19.7. The van der Waals surface area contributed by atoms with Crippen molar-refractivity contribution in [3.05, 3.63) is 99.6 Å². The predicted octanol–water partition coefficient (Wildman–Crippen LogP) is 4.65. The van der Waals surface area contributed by atoms with Crippen molar-refractivity contribution in [2.75, 3.05) is 4.90 Å². The number of ketones is 2. The summed E-state index contributed by atoms with van der Waals surface area (Å²) in [6.07, 6.45) is -0.941. The molecule has 0 aromatic heterocycles. The normalized spacial score (nSPS) is 24.4. The monoisotopic (exact) mass is 485 g/mol. The summed E-state index contributed by atoms with van der Waals surface area (Å²) in [5.74, 6) is -4.61. The lowest BCUT2D eigenvalue weighted by molar-refractivity contribution is -0.127. The van der Waals surface area contributed by atoms with Crippen LogP contribution in [0.5, 0.6) is 0 Å². The van der Waals surface area contributed by atoms with Gasteiger partial charge < -0.3 is 4.74 Å². The Morgan fingerprint density at radius 1 is 0.829 bits per heavy atom. The molecule has 0 unspecified atom stereocenters. The Labute approximate surface area is 206 Å². The second-order valence-electron chi connectivity index (χ2n) is 9.33. The molecule has 0 N–H and O–H groups in total. The van der Waals surface area contributed by atoms with Crippen LogP contribution in [0.15, 0.2) is 66.7 Å². The molecule has 6 nitrogen and oxygen atoms in total. The van der Waals surface area contributed by atoms with Crippen LogP contribution < -0.4 is 4.90 Å². The molecular weight excluding hydrogens is 466 g/mol. The standard InChI is InChI=1S/C28H20ClNO5/c1-14-7-10-16(11-8-14)23-21-22(27(34)30(26(21)33)20-13-17(29)12-9-15(20)2)28(35-23)24(31)18-5-3-4-6-19(18)25(28)32/h3-13,21-23H,1-2H3/t21-,22+,23-/m1/s1. The van der Waals surface area contributed by atoms with Gasteiger partial charge in [-0.1, -0.05) is 71.8 Å². The maximum atomic E-state index is 14.0. The number of halogens is 1. The van der Waals surface area contributed by atoms with E-state index in [0.717, 1.165) is 10.5 Å². The second-order valence-corrected chi connectivity index (χ2v) is 9.77. The average Bonchev–Trinajstić information content (AvgIpc) is 3.41. The van der Waals surface area contributed by atoms with E-state index in [4.69, 9.17) is 16.3 Å². The lowest BCUT2D eigenvalue weighted by Crippen LogP contribution is -2.51. The number of rotatable bonds is 2. The number of amides is 2. The number of aryl methyl sites for hydroxylation is 2. The molecule has 0 radical (unpaired) electrons. The first kappa shape index (κ1) is 21.9. The third kappa shape index (κ3) is 2.81. The highest BCUT2D eigenvalue weighted by Gasteiger charge is 2.74. The van der Waals surface area contributed by atoms with E-state index < -0.39 is 46.9 Å². The number of carbonyl (C=O) groups is 4. The average molecular weight is 486 g/mol. The largest absolute Gasteiger partial charge is 0.349 e. The smallest absolute Gasteiger partial charge is 0.241 e. The summed E-state index contributed by atoms with van der Waals surface area (Å²) in [5.41, 5.74) is 0.975. The van der Waals surface area contributed by atoms with Crippen molar-refractivity contribution in [1.82, 2.24) is 0 Å². The van der Waals surface area contributed by atoms with Gasteiger partial charge in [0.05, 0.1) is 23.6 Å². The van der Waals surface area contributed by atoms with Gasteiger partial charge in [0.15, 0.2) is 0 Å². The molecule has 7 heteroatoms. The van der Waals surface area contributed by atoms with Gasteiger partial charge in [-0.2, -0.15) is 0 Å². The van der Waals surface area contributed by atoms with Crippen molar-refractivity contribution in [1.29, 1.82) is 0 Å². The van der Waals surface area contributed by atoms with E-state index in [1.165, 1.54) is 0 Å². The third-order valence-electron chi connectivity index (χ3n) is 7.34. The van der Waals surface area contributed by atoms with Gasteiger partial charge in [-0.3, -0.25) is 19.2 Å². The molecule has 0 saturated carbocycles. The number of hydrogen-bond acceptors (Lipinski definition) is 5. The van der Waals surface area contributed by atoms with Gasteiger partial charge in [-0.05, 0) is 37.1 Å². The molecule has 1 spiro atoms. The van der Waals surface area contributed by atoms with E-state index in [9.17, 15) is 19.2 Å². The van der Waals surface area contributed by atoms with Crippen molar-refractivity contribution in [2.45, 2.75) is 25.6 Å². The zero-order chi connectivity index (χ0) is 24.6. The van der Waals surface area contributed by atoms with Gasteiger partial charge in [-0.25, -0.2) is 4.90 Å². The Balaban J connectivity index is 1.56. The lowest BCUT2D eigenvalue weighted by Gasteiger charge is -2.27. The number of Topliss-reactive ketones (excluding diaryl/α,β-unsaturated/α-hetero) is 2. The molecule has 1 aliphatic carbocycles. The fourth-order valence-electron chi connectivity index (χ4n) is 5.64. The van der Waals surface area contributed by atoms with Crippen molar-refractivity contribution >= 4 is 40.7 Å². The molecule has 3 aliphatic rings. The van der Waals surface area contributed by atoms with E-state index in [0.29, 0.717) is 21.8 Å². The minimum atomic E-state index is -2.09. The molecule has 2 fully saturated rings. The molecule has 2 heterocycles. The molecule has 3 aromatic carbocycles. The fourth-order valence-corrected chi connectivity index (χ4v) is 5.80. The number of carbonyl (C=O) groups excluding carboxylic acids is 4. The molecule has 174 valence electrons. The van der Waals surface area contributed by atoms with E-state index in [-0.39, 0.29) is 11.1 Å². The van der Waals surface area contributed by atoms with Crippen LogP contribution in [0.4, 0.5) is 5.69 Å². The van der Waals surface area contributed by atoms with E-state index in [2.05, 4.69) is 0 Å². The summed E-state index contributed by atoms with van der Waals surface area (Å²) in [7, 11) is 0. The maximum Gasteiger partial charge on any atom is 0.241 e. The number of imide groups is 1. The number of anilines is 1. The van der Waals surface area contributed by atoms with Crippen LogP contribution in [0.3, 0.4) is 0 Å². The zero-order valence-electron chi connectivity index (χ0n) is 18.9. The molecular formula is C28H20ClNO5. The Morgan fingerprint density at radius 3 is 2.09 bits per heavy atom. The molecule has 2 amide bonds. The van der Waals surface area contributed by atoms with Gasteiger partial charge in [-0.15, -0.1) is 0 Å². The Hall–Kier alpha value is -3.61. The van der Waals surface area contributed by atoms with Gasteiger partial charge in [0.25, 0.3) is 0 Å². The summed E-state index contributed by atoms with van der Waals surface area (Å²) in [6.45, 7) is 3.70. The highest BCUT2D eigenvalue weighted by Crippen LogP contribution is 2.57. The fraction of sp³-hybridized carbons (Fsp3) is 0.214. The molecule has 2 saturated heterocycles. The van der Waals surface area contributed by atoms with Crippen LogP contribution in [-0.4, -0.2) is 29.0 Å². The molecule has 0 bridgehead atoms. The molecule has 6 rings (SSSR count). The number of benzene rings is 3. The van der Waals surface area contributed by atoms with Gasteiger partial charge >= 0.3 is 0 Å². The van der Waals surface area contributed by atoms with Crippen molar-refractivity contribution < 1.29 is 23.9 Å². The van der Waals surface area contributed by atoms with Gasteiger partial charge in [0.1, 0.15) is 0 Å². The minimum Gasteiger partial charge on any atom is -0.349 e. The van der Waals surface area contributed by atoms with E-state index in [1.54, 1.807) is 61.5 Å². The maximum absolute atomic E-state index is 14.0. The van der Waals surface area contributed by atoms with Crippen LogP contribution in [0.2, 0.25) is 5.02 Å². The van der Waals surface area contributed by atoms with Crippen LogP contribution >= 0.6 is 11.6 Å². The van der Waals surface area contributed by atoms with Crippen LogP contribution in [0.1, 0.15) is 43.5 Å². The molecule has 3 atom stereocenters. The highest BCUT2D eigenvalue weighted by atomic mass is 35.5. The number of fused-ring (bicyclic) bond motifs is 3. The number of nitrogens with zero attached hydrogens (tertiary/aromatic N) is 1. The Kier molecular flexibility index (Phi) is 4.66. The van der Waals surface area contributed by atoms with Crippen molar-refractivity contribution in [3.63, 3.8) is 0 Å². The van der Waals surface area contributed by atoms with E-state index in [1.807, 2.05) is 19.1 Å². The summed E-state index contributed by atoms with van der Waals surface area (Å²) < 4.78 is 6.30. The molecule has 2 aliphatic heterocycles. The summed E-state index contributed by atoms with van der Waals surface area (Å²) in [6, 6.07) is 18.7. The topological polar surface area (TPSA) is 80.8 Å². The van der Waals surface area contributed by atoms with Crippen LogP contribution in [-0.2, 0) is 14.3 Å². The van der Waals surface area contributed by atoms with E-state index >= 15 is 0 Å². The summed E-state index contributed by atoms with van der Waals surface area (Å²) in [4.78, 5) is 56.5.